The summed E-state index contributed by atoms with van der Waals surface area (Å²) in [4.78, 5) is 3.15. The highest BCUT2D eigenvalue weighted by molar-refractivity contribution is 7.89. The zero-order valence-corrected chi connectivity index (χ0v) is 11.3. The summed E-state index contributed by atoms with van der Waals surface area (Å²) in [6.45, 7) is 6.40. The van der Waals surface area contributed by atoms with Gasteiger partial charge in [-0.15, -0.1) is 0 Å². The molecule has 2 fully saturated rings. The van der Waals surface area contributed by atoms with E-state index in [2.05, 4.69) is 0 Å². The van der Waals surface area contributed by atoms with Gasteiger partial charge in [-0.1, -0.05) is 22.0 Å². The lowest BCUT2D eigenvalue weighted by Crippen LogP contribution is -3.28. The third kappa shape index (κ3) is 2.05. The monoisotopic (exact) mass is 269 g/mol. The first kappa shape index (κ1) is 12.1. The van der Waals surface area contributed by atoms with Crippen molar-refractivity contribution in [3.05, 3.63) is 29.8 Å². The van der Waals surface area contributed by atoms with Gasteiger partial charge < -0.3 is 0 Å². The molecule has 2 aliphatic rings. The van der Waals surface area contributed by atoms with Crippen molar-refractivity contribution in [3.8, 4) is 0 Å². The average molecular weight is 269 g/mol. The number of nitrogens with one attached hydrogen (secondary N) is 2. The van der Waals surface area contributed by atoms with Crippen molar-refractivity contribution in [3.63, 3.8) is 0 Å². The minimum absolute atomic E-state index is 0.413. The molecule has 2 saturated heterocycles. The molecule has 0 spiro atoms. The normalized spacial score (nSPS) is 28.5. The second-order valence-electron chi connectivity index (χ2n) is 5.26. The second kappa shape index (κ2) is 4.31. The topological polar surface area (TPSA) is 46.3 Å². The molecule has 6 heteroatoms. The third-order valence-corrected chi connectivity index (χ3v) is 5.60. The summed E-state index contributed by atoms with van der Waals surface area (Å²) < 4.78 is 26.7. The van der Waals surface area contributed by atoms with Crippen molar-refractivity contribution in [2.75, 3.05) is 33.1 Å². The van der Waals surface area contributed by atoms with Crippen LogP contribution in [0.15, 0.2) is 29.2 Å². The lowest BCUT2D eigenvalue weighted by atomic mass is 10.2. The first-order valence-electron chi connectivity index (χ1n) is 6.30. The Hall–Kier alpha value is -0.950. The summed E-state index contributed by atoms with van der Waals surface area (Å²) in [6, 6.07) is 7.12. The van der Waals surface area contributed by atoms with Gasteiger partial charge in [0.15, 0.2) is 13.3 Å². The van der Waals surface area contributed by atoms with Crippen LogP contribution in [0.3, 0.4) is 0 Å². The van der Waals surface area contributed by atoms with Gasteiger partial charge in [0, 0.05) is 0 Å². The number of hydrogen-bond donors (Lipinski definition) is 2. The fourth-order valence-corrected chi connectivity index (χ4v) is 4.22. The highest BCUT2D eigenvalue weighted by Gasteiger charge is 2.41. The van der Waals surface area contributed by atoms with Gasteiger partial charge >= 0.3 is 0 Å². The summed E-state index contributed by atoms with van der Waals surface area (Å²) in [5, 5.41) is 0. The predicted octanol–water partition coefficient (Wildman–Crippen LogP) is -2.34. The Morgan fingerprint density at radius 3 is 2.17 bits per heavy atom. The van der Waals surface area contributed by atoms with Crippen LogP contribution in [0.25, 0.3) is 0 Å². The molecule has 2 aliphatic heterocycles. The number of quaternary nitrogens is 2. The van der Waals surface area contributed by atoms with Crippen molar-refractivity contribution in [1.29, 1.82) is 0 Å². The molecule has 2 unspecified atom stereocenters. The molecule has 0 radical (unpaired) electrons. The SMILES string of the molecule is Cc1ccc(S(=O)(=O)N2C[NH+]3CC[NH+](C2)C3)cc1. The highest BCUT2D eigenvalue weighted by atomic mass is 32.2. The fraction of sp³-hybridized carbons (Fsp3) is 0.500. The number of nitrogens with zero attached hydrogens (tertiary/aromatic N) is 1. The summed E-state index contributed by atoms with van der Waals surface area (Å²) in [7, 11) is -3.31. The number of fused-ring (bicyclic) bond motifs is 2. The molecule has 2 bridgehead atoms. The molecule has 98 valence electrons. The van der Waals surface area contributed by atoms with Crippen LogP contribution in [0.2, 0.25) is 0 Å². The molecule has 18 heavy (non-hydrogen) atoms. The molecule has 3 rings (SSSR count). The Kier molecular flexibility index (Phi) is 2.90. The van der Waals surface area contributed by atoms with E-state index in [0.717, 1.165) is 25.3 Å². The van der Waals surface area contributed by atoms with E-state index in [1.165, 1.54) is 9.80 Å². The van der Waals surface area contributed by atoms with Gasteiger partial charge in [0.05, 0.1) is 4.90 Å². The van der Waals surface area contributed by atoms with Crippen LogP contribution in [0.4, 0.5) is 0 Å². The van der Waals surface area contributed by atoms with E-state index in [4.69, 9.17) is 0 Å². The van der Waals surface area contributed by atoms with Gasteiger partial charge in [-0.3, -0.25) is 9.80 Å². The Labute approximate surface area is 108 Å². The first-order valence-corrected chi connectivity index (χ1v) is 7.74. The maximum absolute atomic E-state index is 12.5. The van der Waals surface area contributed by atoms with Gasteiger partial charge in [0.1, 0.15) is 13.1 Å². The summed E-state index contributed by atoms with van der Waals surface area (Å²) in [5.74, 6) is 0. The molecule has 1 aromatic rings. The molecule has 0 aromatic heterocycles. The van der Waals surface area contributed by atoms with Gasteiger partial charge in [-0.25, -0.2) is 8.42 Å². The summed E-state index contributed by atoms with van der Waals surface area (Å²) in [5.41, 5.74) is 1.08. The molecule has 2 atom stereocenters. The fourth-order valence-electron chi connectivity index (χ4n) is 2.74. The molecule has 2 heterocycles. The number of hydrogen-bond acceptors (Lipinski definition) is 2. The van der Waals surface area contributed by atoms with E-state index in [0.29, 0.717) is 18.2 Å². The smallest absolute Gasteiger partial charge is 0.252 e. The maximum Gasteiger partial charge on any atom is 0.252 e. The van der Waals surface area contributed by atoms with Crippen LogP contribution in [0, 0.1) is 6.92 Å². The van der Waals surface area contributed by atoms with Crippen LogP contribution in [0.1, 0.15) is 5.56 Å². The van der Waals surface area contributed by atoms with Crippen LogP contribution < -0.4 is 9.80 Å². The quantitative estimate of drug-likeness (QED) is 0.632. The van der Waals surface area contributed by atoms with E-state index in [9.17, 15) is 8.42 Å². The van der Waals surface area contributed by atoms with Gasteiger partial charge in [-0.05, 0) is 19.1 Å². The van der Waals surface area contributed by atoms with Crippen LogP contribution in [0.5, 0.6) is 0 Å². The third-order valence-electron chi connectivity index (χ3n) is 3.79. The van der Waals surface area contributed by atoms with E-state index in [1.807, 2.05) is 19.1 Å². The molecular weight excluding hydrogens is 250 g/mol. The van der Waals surface area contributed by atoms with E-state index in [-0.39, 0.29) is 0 Å². The zero-order chi connectivity index (χ0) is 12.8. The lowest BCUT2D eigenvalue weighted by molar-refractivity contribution is -1.06. The van der Waals surface area contributed by atoms with E-state index < -0.39 is 10.0 Å². The standard InChI is InChI=1S/C12H17N3O2S/c1-11-2-4-12(5-3-11)18(16,17)15-9-13-6-7-14(8-13)10-15/h2-5H,6-10H2,1H3/p+2. The minimum Gasteiger partial charge on any atom is -0.270 e. The van der Waals surface area contributed by atoms with Crippen molar-refractivity contribution >= 4 is 10.0 Å². The number of benzene rings is 1. The number of aryl methyl sites for hydroxylation is 1. The molecule has 0 aliphatic carbocycles. The summed E-state index contributed by atoms with van der Waals surface area (Å²) in [6.07, 6.45) is 0. The second-order valence-corrected chi connectivity index (χ2v) is 7.20. The first-order chi connectivity index (χ1) is 8.55. The summed E-state index contributed by atoms with van der Waals surface area (Å²) >= 11 is 0. The number of sulfonamides is 1. The largest absolute Gasteiger partial charge is 0.270 e. The Bertz CT molecular complexity index is 529. The van der Waals surface area contributed by atoms with Crippen LogP contribution in [-0.2, 0) is 10.0 Å². The Morgan fingerprint density at radius 2 is 1.61 bits per heavy atom. The Morgan fingerprint density at radius 1 is 1.06 bits per heavy atom. The van der Waals surface area contributed by atoms with E-state index >= 15 is 0 Å². The van der Waals surface area contributed by atoms with Crippen molar-refractivity contribution in [2.24, 2.45) is 0 Å². The highest BCUT2D eigenvalue weighted by Crippen LogP contribution is 2.14. The predicted molar refractivity (Wildman–Crippen MR) is 66.5 cm³/mol. The molecule has 5 nitrogen and oxygen atoms in total. The average Bonchev–Trinajstić information content (AvgIpc) is 2.68. The molecular formula is C12H19N3O2S+2. The van der Waals surface area contributed by atoms with Gasteiger partial charge in [0.2, 0.25) is 6.67 Å². The zero-order valence-electron chi connectivity index (χ0n) is 10.5. The molecule has 2 N–H and O–H groups in total. The molecule has 0 amide bonds. The number of rotatable bonds is 2. The molecule has 1 aromatic carbocycles. The van der Waals surface area contributed by atoms with Crippen molar-refractivity contribution in [1.82, 2.24) is 4.31 Å². The van der Waals surface area contributed by atoms with E-state index in [1.54, 1.807) is 16.4 Å². The van der Waals surface area contributed by atoms with Crippen LogP contribution in [-0.4, -0.2) is 45.8 Å². The Balaban J connectivity index is 1.88. The lowest BCUT2D eigenvalue weighted by Gasteiger charge is -2.28. The van der Waals surface area contributed by atoms with Crippen molar-refractivity contribution in [2.45, 2.75) is 11.8 Å². The molecule has 0 saturated carbocycles. The minimum atomic E-state index is -3.31. The van der Waals surface area contributed by atoms with Crippen molar-refractivity contribution < 1.29 is 18.2 Å². The van der Waals surface area contributed by atoms with Crippen LogP contribution >= 0.6 is 0 Å². The maximum atomic E-state index is 12.5. The van der Waals surface area contributed by atoms with Gasteiger partial charge in [0.25, 0.3) is 10.0 Å². The van der Waals surface area contributed by atoms with Gasteiger partial charge in [-0.2, -0.15) is 0 Å².